The Kier molecular flexibility index (Phi) is 8.16. The average Bonchev–Trinajstić information content (AvgIpc) is 3.46. The fourth-order valence-corrected chi connectivity index (χ4v) is 6.32. The third kappa shape index (κ3) is 6.13. The lowest BCUT2D eigenvalue weighted by atomic mass is 9.82. The molecule has 0 atom stereocenters. The summed E-state index contributed by atoms with van der Waals surface area (Å²) in [5.41, 5.74) is 0.228. The van der Waals surface area contributed by atoms with E-state index in [0.717, 1.165) is 62.7 Å². The minimum absolute atomic E-state index is 0.00585. The first-order valence-corrected chi connectivity index (χ1v) is 14.0. The van der Waals surface area contributed by atoms with E-state index in [1.165, 1.54) is 0 Å². The van der Waals surface area contributed by atoms with E-state index in [1.54, 1.807) is 11.1 Å². The van der Waals surface area contributed by atoms with Crippen molar-refractivity contribution in [1.29, 1.82) is 0 Å². The van der Waals surface area contributed by atoms with Gasteiger partial charge in [0, 0.05) is 37.3 Å². The maximum atomic E-state index is 14.1. The Morgan fingerprint density at radius 2 is 1.69 bits per heavy atom. The van der Waals surface area contributed by atoms with Gasteiger partial charge in [0.15, 0.2) is 5.79 Å². The quantitative estimate of drug-likeness (QED) is 0.409. The standard InChI is InChI=1S/C28H40N2O5S/c1-19-6-8-20(9-7-19)25(31)30(29(5)21-10-14-28(15-11-21)34-16-17-35-28)23-18-22(12-13-27(2,3)4)36-24(23)26(32)33/h18-21H,6-11,14-17H2,1-5H3,(H,32,33). The maximum absolute atomic E-state index is 14.1. The number of amides is 1. The first-order chi connectivity index (χ1) is 17.0. The Hall–Kier alpha value is -1.92. The second kappa shape index (κ2) is 10.8. The minimum atomic E-state index is -1.03. The second-order valence-electron chi connectivity index (χ2n) is 11.6. The molecule has 4 rings (SSSR count). The molecule has 1 aliphatic heterocycles. The normalized spacial score (nSPS) is 24.5. The van der Waals surface area contributed by atoms with E-state index in [4.69, 9.17) is 9.47 Å². The van der Waals surface area contributed by atoms with Crippen LogP contribution < -0.4 is 5.01 Å². The van der Waals surface area contributed by atoms with Crippen LogP contribution in [0, 0.1) is 29.1 Å². The molecule has 0 radical (unpaired) electrons. The molecular formula is C28H40N2O5S. The van der Waals surface area contributed by atoms with Gasteiger partial charge in [-0.1, -0.05) is 18.8 Å². The second-order valence-corrected chi connectivity index (χ2v) is 12.7. The van der Waals surface area contributed by atoms with Gasteiger partial charge >= 0.3 is 5.97 Å². The van der Waals surface area contributed by atoms with Crippen molar-refractivity contribution in [1.82, 2.24) is 5.01 Å². The van der Waals surface area contributed by atoms with Crippen molar-refractivity contribution in [3.05, 3.63) is 15.8 Å². The molecule has 1 amide bonds. The van der Waals surface area contributed by atoms with Crippen LogP contribution in [0.1, 0.15) is 93.6 Å². The number of aromatic carboxylic acids is 1. The predicted molar refractivity (Wildman–Crippen MR) is 141 cm³/mol. The van der Waals surface area contributed by atoms with Gasteiger partial charge in [0.05, 0.1) is 23.8 Å². The van der Waals surface area contributed by atoms with Crippen LogP contribution in [-0.4, -0.2) is 54.1 Å². The molecule has 2 heterocycles. The molecule has 2 aliphatic carbocycles. The van der Waals surface area contributed by atoms with Gasteiger partial charge in [-0.15, -0.1) is 11.3 Å². The highest BCUT2D eigenvalue weighted by Gasteiger charge is 2.43. The average molecular weight is 517 g/mol. The van der Waals surface area contributed by atoms with Gasteiger partial charge in [-0.25, -0.2) is 14.8 Å². The SMILES string of the molecule is CC1CCC(C(=O)N(c2cc(C#CC(C)(C)C)sc2C(=O)O)N(C)C2CCC3(CC2)OCCO3)CC1. The molecule has 36 heavy (non-hydrogen) atoms. The lowest BCUT2D eigenvalue weighted by Crippen LogP contribution is -2.54. The van der Waals surface area contributed by atoms with Crippen molar-refractivity contribution in [2.75, 3.05) is 25.3 Å². The number of thiophene rings is 1. The van der Waals surface area contributed by atoms with Crippen LogP contribution in [0.5, 0.6) is 0 Å². The van der Waals surface area contributed by atoms with Gasteiger partial charge in [-0.3, -0.25) is 4.79 Å². The smallest absolute Gasteiger partial charge is 0.348 e. The Bertz CT molecular complexity index is 1010. The van der Waals surface area contributed by atoms with E-state index < -0.39 is 11.8 Å². The number of carboxylic acids is 1. The summed E-state index contributed by atoms with van der Waals surface area (Å²) in [6.07, 6.45) is 6.87. The van der Waals surface area contributed by atoms with Crippen LogP contribution in [0.3, 0.4) is 0 Å². The topological polar surface area (TPSA) is 79.3 Å². The summed E-state index contributed by atoms with van der Waals surface area (Å²) in [6.45, 7) is 9.55. The molecule has 0 bridgehead atoms. The summed E-state index contributed by atoms with van der Waals surface area (Å²) in [5.74, 6) is 5.33. The van der Waals surface area contributed by atoms with Gasteiger partial charge in [0.2, 0.25) is 5.91 Å². The zero-order valence-electron chi connectivity index (χ0n) is 22.3. The van der Waals surface area contributed by atoms with Gasteiger partial charge in [-0.05, 0) is 71.3 Å². The molecule has 1 aromatic heterocycles. The molecule has 1 aromatic rings. The molecule has 0 unspecified atom stereocenters. The van der Waals surface area contributed by atoms with E-state index in [0.29, 0.717) is 29.7 Å². The number of anilines is 1. The molecule has 3 aliphatic rings. The first-order valence-electron chi connectivity index (χ1n) is 13.2. The predicted octanol–water partition coefficient (Wildman–Crippen LogP) is 5.54. The lowest BCUT2D eigenvalue weighted by molar-refractivity contribution is -0.183. The van der Waals surface area contributed by atoms with E-state index in [-0.39, 0.29) is 28.2 Å². The Morgan fingerprint density at radius 1 is 1.08 bits per heavy atom. The number of rotatable bonds is 5. The van der Waals surface area contributed by atoms with Gasteiger partial charge in [0.25, 0.3) is 0 Å². The third-order valence-electron chi connectivity index (χ3n) is 7.64. The summed E-state index contributed by atoms with van der Waals surface area (Å²) < 4.78 is 11.8. The molecule has 0 aromatic carbocycles. The van der Waals surface area contributed by atoms with Crippen LogP contribution in [0.15, 0.2) is 6.07 Å². The molecule has 1 N–H and O–H groups in total. The summed E-state index contributed by atoms with van der Waals surface area (Å²) in [5, 5.41) is 13.7. The first kappa shape index (κ1) is 27.1. The lowest BCUT2D eigenvalue weighted by Gasteiger charge is -2.44. The zero-order valence-corrected chi connectivity index (χ0v) is 23.1. The number of nitrogens with zero attached hydrogens (tertiary/aromatic N) is 2. The molecular weight excluding hydrogens is 476 g/mol. The number of hydrogen-bond acceptors (Lipinski definition) is 6. The fourth-order valence-electron chi connectivity index (χ4n) is 5.49. The van der Waals surface area contributed by atoms with Crippen LogP contribution in [0.4, 0.5) is 5.69 Å². The fraction of sp³-hybridized carbons (Fsp3) is 0.714. The van der Waals surface area contributed by atoms with Crippen molar-refractivity contribution in [2.24, 2.45) is 17.3 Å². The highest BCUT2D eigenvalue weighted by Crippen LogP contribution is 2.40. The van der Waals surface area contributed by atoms with E-state index in [9.17, 15) is 14.7 Å². The molecule has 2 saturated carbocycles. The number of ether oxygens (including phenoxy) is 2. The van der Waals surface area contributed by atoms with Crippen LogP contribution in [0.25, 0.3) is 0 Å². The third-order valence-corrected chi connectivity index (χ3v) is 8.67. The number of hydrogen-bond donors (Lipinski definition) is 1. The largest absolute Gasteiger partial charge is 0.477 e. The Morgan fingerprint density at radius 3 is 2.25 bits per heavy atom. The number of carboxylic acid groups (broad SMARTS) is 1. The van der Waals surface area contributed by atoms with Crippen LogP contribution in [0.2, 0.25) is 0 Å². The van der Waals surface area contributed by atoms with Gasteiger partial charge in [-0.2, -0.15) is 0 Å². The van der Waals surface area contributed by atoms with Crippen molar-refractivity contribution in [3.8, 4) is 11.8 Å². The zero-order chi connectivity index (χ0) is 26.1. The summed E-state index contributed by atoms with van der Waals surface area (Å²) in [7, 11) is 1.92. The Balaban J connectivity index is 1.66. The minimum Gasteiger partial charge on any atom is -0.477 e. The summed E-state index contributed by atoms with van der Waals surface area (Å²) >= 11 is 1.15. The highest BCUT2D eigenvalue weighted by atomic mass is 32.1. The van der Waals surface area contributed by atoms with Crippen LogP contribution in [-0.2, 0) is 14.3 Å². The highest BCUT2D eigenvalue weighted by molar-refractivity contribution is 7.15. The van der Waals surface area contributed by atoms with Crippen molar-refractivity contribution >= 4 is 28.9 Å². The van der Waals surface area contributed by atoms with Crippen molar-refractivity contribution in [2.45, 2.75) is 90.9 Å². The van der Waals surface area contributed by atoms with Gasteiger partial charge in [0.1, 0.15) is 4.88 Å². The molecule has 1 saturated heterocycles. The van der Waals surface area contributed by atoms with Crippen molar-refractivity contribution < 1.29 is 24.2 Å². The van der Waals surface area contributed by atoms with E-state index >= 15 is 0 Å². The summed E-state index contributed by atoms with van der Waals surface area (Å²) in [6, 6.07) is 1.88. The monoisotopic (exact) mass is 516 g/mol. The van der Waals surface area contributed by atoms with Gasteiger partial charge < -0.3 is 14.6 Å². The molecule has 8 heteroatoms. The Labute approximate surface area is 219 Å². The molecule has 198 valence electrons. The molecule has 7 nitrogen and oxygen atoms in total. The summed E-state index contributed by atoms with van der Waals surface area (Å²) in [4.78, 5) is 27.2. The molecule has 1 spiro atoms. The van der Waals surface area contributed by atoms with E-state index in [1.807, 2.05) is 32.8 Å². The van der Waals surface area contributed by atoms with E-state index in [2.05, 4.69) is 18.8 Å². The number of carbonyl (C=O) groups is 2. The van der Waals surface area contributed by atoms with Crippen molar-refractivity contribution in [3.63, 3.8) is 0 Å². The maximum Gasteiger partial charge on any atom is 0.348 e. The molecule has 3 fully saturated rings. The number of hydrazine groups is 1. The van der Waals surface area contributed by atoms with Crippen LogP contribution >= 0.6 is 11.3 Å². The number of carbonyl (C=O) groups excluding carboxylic acids is 1.